The number of rotatable bonds is 7. The Hall–Kier alpha value is -0.600. The van der Waals surface area contributed by atoms with Crippen LogP contribution in [-0.2, 0) is 5.41 Å². The van der Waals surface area contributed by atoms with Gasteiger partial charge in [0.25, 0.3) is 0 Å². The number of benzene rings is 1. The first-order chi connectivity index (χ1) is 9.98. The molecule has 0 bridgehead atoms. The van der Waals surface area contributed by atoms with Crippen LogP contribution in [0.5, 0.6) is 0 Å². The van der Waals surface area contributed by atoms with Crippen LogP contribution in [0, 0.1) is 17.7 Å². The standard InChI is InChI=1S/C18H27ClFN/c1-4-6-14-9-18(10-14,12-21-11-13(2)3)17-15(19)7-5-8-16(17)20/h5,7-8,13-14,21H,4,6,9-12H2,1-3H3. The molecule has 0 spiro atoms. The Kier molecular flexibility index (Phi) is 5.67. The van der Waals surface area contributed by atoms with Crippen LogP contribution in [0.25, 0.3) is 0 Å². The summed E-state index contributed by atoms with van der Waals surface area (Å²) >= 11 is 6.33. The maximum absolute atomic E-state index is 14.4. The Balaban J connectivity index is 2.17. The average molecular weight is 312 g/mol. The molecule has 2 rings (SSSR count). The summed E-state index contributed by atoms with van der Waals surface area (Å²) in [4.78, 5) is 0. The van der Waals surface area contributed by atoms with Gasteiger partial charge in [0.1, 0.15) is 5.82 Å². The molecule has 3 heteroatoms. The first-order valence-electron chi connectivity index (χ1n) is 8.13. The topological polar surface area (TPSA) is 12.0 Å². The lowest BCUT2D eigenvalue weighted by Gasteiger charge is -2.49. The minimum atomic E-state index is -0.149. The van der Waals surface area contributed by atoms with Gasteiger partial charge in [0, 0.05) is 22.5 Å². The second kappa shape index (κ2) is 7.11. The van der Waals surface area contributed by atoms with E-state index in [4.69, 9.17) is 11.6 Å². The van der Waals surface area contributed by atoms with E-state index >= 15 is 0 Å². The minimum Gasteiger partial charge on any atom is -0.316 e. The van der Waals surface area contributed by atoms with E-state index in [0.29, 0.717) is 16.9 Å². The molecule has 0 aromatic heterocycles. The highest BCUT2D eigenvalue weighted by Gasteiger charge is 2.47. The predicted molar refractivity (Wildman–Crippen MR) is 88.4 cm³/mol. The smallest absolute Gasteiger partial charge is 0.128 e. The molecule has 1 nitrogen and oxygen atoms in total. The van der Waals surface area contributed by atoms with Gasteiger partial charge in [0.15, 0.2) is 0 Å². The number of halogens is 2. The molecule has 1 saturated carbocycles. The van der Waals surface area contributed by atoms with Crippen molar-refractivity contribution < 1.29 is 4.39 Å². The van der Waals surface area contributed by atoms with Crippen LogP contribution in [0.3, 0.4) is 0 Å². The largest absolute Gasteiger partial charge is 0.316 e. The summed E-state index contributed by atoms with van der Waals surface area (Å²) in [7, 11) is 0. The van der Waals surface area contributed by atoms with Gasteiger partial charge in [-0.25, -0.2) is 4.39 Å². The van der Waals surface area contributed by atoms with Gasteiger partial charge in [-0.1, -0.05) is 51.3 Å². The molecule has 0 saturated heterocycles. The second-order valence-corrected chi connectivity index (χ2v) is 7.37. The van der Waals surface area contributed by atoms with Crippen molar-refractivity contribution >= 4 is 11.6 Å². The van der Waals surface area contributed by atoms with Gasteiger partial charge >= 0.3 is 0 Å². The average Bonchev–Trinajstić information content (AvgIpc) is 2.35. The van der Waals surface area contributed by atoms with Crippen molar-refractivity contribution in [2.24, 2.45) is 11.8 Å². The Morgan fingerprint density at radius 1 is 1.38 bits per heavy atom. The Labute approximate surface area is 133 Å². The SMILES string of the molecule is CCCC1CC(CNCC(C)C)(c2c(F)cccc2Cl)C1. The molecule has 0 atom stereocenters. The summed E-state index contributed by atoms with van der Waals surface area (Å²) < 4.78 is 14.4. The first kappa shape index (κ1) is 16.8. The molecule has 1 N–H and O–H groups in total. The Bertz CT molecular complexity index is 446. The zero-order chi connectivity index (χ0) is 15.5. The van der Waals surface area contributed by atoms with Crippen LogP contribution in [0.4, 0.5) is 4.39 Å². The van der Waals surface area contributed by atoms with Gasteiger partial charge in [-0.05, 0) is 43.4 Å². The van der Waals surface area contributed by atoms with Crippen molar-refractivity contribution in [3.63, 3.8) is 0 Å². The third kappa shape index (κ3) is 3.78. The van der Waals surface area contributed by atoms with E-state index < -0.39 is 0 Å². The van der Waals surface area contributed by atoms with E-state index in [0.717, 1.165) is 31.5 Å². The van der Waals surface area contributed by atoms with Crippen molar-refractivity contribution in [3.8, 4) is 0 Å². The zero-order valence-electron chi connectivity index (χ0n) is 13.4. The fraction of sp³-hybridized carbons (Fsp3) is 0.667. The maximum atomic E-state index is 14.4. The van der Waals surface area contributed by atoms with Gasteiger partial charge in [-0.3, -0.25) is 0 Å². The quantitative estimate of drug-likeness (QED) is 0.732. The fourth-order valence-corrected chi connectivity index (χ4v) is 4.06. The van der Waals surface area contributed by atoms with Gasteiger partial charge in [-0.2, -0.15) is 0 Å². The third-order valence-corrected chi connectivity index (χ3v) is 4.88. The summed E-state index contributed by atoms with van der Waals surface area (Å²) in [5.74, 6) is 1.17. The van der Waals surface area contributed by atoms with Crippen molar-refractivity contribution in [1.29, 1.82) is 0 Å². The minimum absolute atomic E-state index is 0.114. The van der Waals surface area contributed by atoms with Gasteiger partial charge in [0.2, 0.25) is 0 Å². The summed E-state index contributed by atoms with van der Waals surface area (Å²) in [5.41, 5.74) is 0.618. The number of hydrogen-bond donors (Lipinski definition) is 1. The number of nitrogens with one attached hydrogen (secondary N) is 1. The summed E-state index contributed by atoms with van der Waals surface area (Å²) in [6, 6.07) is 5.05. The maximum Gasteiger partial charge on any atom is 0.128 e. The highest BCUT2D eigenvalue weighted by molar-refractivity contribution is 6.31. The zero-order valence-corrected chi connectivity index (χ0v) is 14.1. The van der Waals surface area contributed by atoms with Crippen LogP contribution in [-0.4, -0.2) is 13.1 Å². The molecule has 1 aliphatic rings. The molecule has 0 aliphatic heterocycles. The van der Waals surface area contributed by atoms with E-state index in [1.807, 2.05) is 6.07 Å². The normalized spacial score (nSPS) is 25.1. The van der Waals surface area contributed by atoms with Gasteiger partial charge in [-0.15, -0.1) is 0 Å². The van der Waals surface area contributed by atoms with Crippen LogP contribution in [0.1, 0.15) is 52.0 Å². The summed E-state index contributed by atoms with van der Waals surface area (Å²) in [6.07, 6.45) is 4.53. The molecular formula is C18H27ClFN. The predicted octanol–water partition coefficient (Wildman–Crippen LogP) is 5.17. The van der Waals surface area contributed by atoms with E-state index in [1.165, 1.54) is 12.8 Å². The monoisotopic (exact) mass is 311 g/mol. The van der Waals surface area contributed by atoms with Gasteiger partial charge < -0.3 is 5.32 Å². The van der Waals surface area contributed by atoms with Crippen LogP contribution >= 0.6 is 11.6 Å². The van der Waals surface area contributed by atoms with Crippen LogP contribution < -0.4 is 5.32 Å². The van der Waals surface area contributed by atoms with Crippen molar-refractivity contribution in [2.75, 3.05) is 13.1 Å². The molecule has 118 valence electrons. The van der Waals surface area contributed by atoms with E-state index in [2.05, 4.69) is 26.1 Å². The molecule has 0 unspecified atom stereocenters. The third-order valence-electron chi connectivity index (χ3n) is 4.56. The molecule has 1 aromatic rings. The number of hydrogen-bond acceptors (Lipinski definition) is 1. The highest BCUT2D eigenvalue weighted by Crippen LogP contribution is 2.51. The molecule has 0 heterocycles. The second-order valence-electron chi connectivity index (χ2n) is 6.96. The Morgan fingerprint density at radius 3 is 2.67 bits per heavy atom. The van der Waals surface area contributed by atoms with Crippen molar-refractivity contribution in [1.82, 2.24) is 5.32 Å². The molecule has 21 heavy (non-hydrogen) atoms. The van der Waals surface area contributed by atoms with Gasteiger partial charge in [0.05, 0.1) is 0 Å². The van der Waals surface area contributed by atoms with Crippen LogP contribution in [0.15, 0.2) is 18.2 Å². The lowest BCUT2D eigenvalue weighted by molar-refractivity contribution is 0.124. The molecule has 0 radical (unpaired) electrons. The molecule has 1 fully saturated rings. The Morgan fingerprint density at radius 2 is 2.10 bits per heavy atom. The molecule has 1 aromatic carbocycles. The van der Waals surface area contributed by atoms with Crippen molar-refractivity contribution in [3.05, 3.63) is 34.6 Å². The lowest BCUT2D eigenvalue weighted by atomic mass is 9.57. The van der Waals surface area contributed by atoms with Crippen LogP contribution in [0.2, 0.25) is 5.02 Å². The first-order valence-corrected chi connectivity index (χ1v) is 8.51. The highest BCUT2D eigenvalue weighted by atomic mass is 35.5. The molecular weight excluding hydrogens is 285 g/mol. The van der Waals surface area contributed by atoms with E-state index in [1.54, 1.807) is 12.1 Å². The fourth-order valence-electron chi connectivity index (χ4n) is 3.70. The summed E-state index contributed by atoms with van der Waals surface area (Å²) in [6.45, 7) is 8.39. The van der Waals surface area contributed by atoms with E-state index in [9.17, 15) is 4.39 Å². The van der Waals surface area contributed by atoms with E-state index in [-0.39, 0.29) is 11.2 Å². The molecule has 0 amide bonds. The lowest BCUT2D eigenvalue weighted by Crippen LogP contribution is -2.49. The summed E-state index contributed by atoms with van der Waals surface area (Å²) in [5, 5.41) is 4.10. The van der Waals surface area contributed by atoms with Crippen molar-refractivity contribution in [2.45, 2.75) is 51.9 Å². The molecule has 1 aliphatic carbocycles.